The summed E-state index contributed by atoms with van der Waals surface area (Å²) in [5, 5.41) is 7.54. The molecule has 0 radical (unpaired) electrons. The van der Waals surface area contributed by atoms with Crippen LogP contribution in [0.25, 0.3) is 10.9 Å². The maximum Gasteiger partial charge on any atom is 0.191 e. The first kappa shape index (κ1) is 17.5. The van der Waals surface area contributed by atoms with Crippen LogP contribution in [0.15, 0.2) is 53.0 Å². The van der Waals surface area contributed by atoms with Crippen molar-refractivity contribution < 1.29 is 0 Å². The van der Waals surface area contributed by atoms with Gasteiger partial charge in [0.15, 0.2) is 11.1 Å². The minimum absolute atomic E-state index is 0.613. The van der Waals surface area contributed by atoms with E-state index in [0.717, 1.165) is 48.0 Å². The van der Waals surface area contributed by atoms with Gasteiger partial charge in [0.1, 0.15) is 5.82 Å². The van der Waals surface area contributed by atoms with Crippen molar-refractivity contribution in [3.8, 4) is 0 Å². The summed E-state index contributed by atoms with van der Waals surface area (Å²) in [4.78, 5) is 17.9. The van der Waals surface area contributed by atoms with Gasteiger partial charge in [-0.05, 0) is 18.2 Å². The van der Waals surface area contributed by atoms with Gasteiger partial charge < -0.3 is 20.9 Å². The zero-order valence-electron chi connectivity index (χ0n) is 15.1. The Morgan fingerprint density at radius 2 is 2.00 bits per heavy atom. The molecule has 0 spiro atoms. The van der Waals surface area contributed by atoms with Crippen molar-refractivity contribution in [2.75, 3.05) is 49.5 Å². The number of nitrogens with two attached hydrogens (primary N) is 1. The Morgan fingerprint density at radius 3 is 2.81 bits per heavy atom. The van der Waals surface area contributed by atoms with Gasteiger partial charge >= 0.3 is 0 Å². The van der Waals surface area contributed by atoms with Crippen molar-refractivity contribution in [1.82, 2.24) is 14.9 Å². The van der Waals surface area contributed by atoms with Crippen LogP contribution in [-0.4, -0.2) is 60.1 Å². The fraction of sp³-hybridized carbons (Fsp3) is 0.316. The smallest absolute Gasteiger partial charge is 0.191 e. The van der Waals surface area contributed by atoms with Crippen LogP contribution in [0.1, 0.15) is 0 Å². The van der Waals surface area contributed by atoms with Crippen molar-refractivity contribution in [3.05, 3.63) is 48.0 Å². The minimum Gasteiger partial charge on any atom is -0.370 e. The van der Waals surface area contributed by atoms with E-state index in [-0.39, 0.29) is 0 Å². The van der Waals surface area contributed by atoms with Crippen LogP contribution < -0.4 is 16.0 Å². The summed E-state index contributed by atoms with van der Waals surface area (Å²) in [6.07, 6.45) is 1.85. The molecule has 3 heterocycles. The minimum atomic E-state index is 0.613. The van der Waals surface area contributed by atoms with Crippen molar-refractivity contribution in [1.29, 1.82) is 0 Å². The number of aliphatic imine (C=N–C) groups is 1. The fourth-order valence-electron chi connectivity index (χ4n) is 3.12. The average Bonchev–Trinajstić information content (AvgIpc) is 3.26. The second kappa shape index (κ2) is 8.22. The molecule has 1 aliphatic heterocycles. The van der Waals surface area contributed by atoms with E-state index in [1.54, 1.807) is 11.3 Å². The van der Waals surface area contributed by atoms with E-state index >= 15 is 0 Å². The number of nitrogens with one attached hydrogen (secondary N) is 1. The molecule has 0 aliphatic carbocycles. The van der Waals surface area contributed by atoms with Crippen molar-refractivity contribution in [2.45, 2.75) is 0 Å². The van der Waals surface area contributed by atoms with Crippen molar-refractivity contribution >= 4 is 39.1 Å². The van der Waals surface area contributed by atoms with Crippen LogP contribution in [0.5, 0.6) is 0 Å². The molecular weight excluding hydrogens is 358 g/mol. The first-order valence-electron chi connectivity index (χ1n) is 9.08. The molecule has 0 bridgehead atoms. The zero-order valence-corrected chi connectivity index (χ0v) is 15.9. The van der Waals surface area contributed by atoms with Gasteiger partial charge in [-0.15, -0.1) is 11.3 Å². The SMILES string of the molecule is NC(=NCCNc1ccc2ccccc2n1)N1CCN(c2nccs2)CC1. The van der Waals surface area contributed by atoms with Crippen LogP contribution in [0.4, 0.5) is 10.9 Å². The first-order valence-corrected chi connectivity index (χ1v) is 9.96. The van der Waals surface area contributed by atoms with E-state index in [1.165, 1.54) is 0 Å². The topological polar surface area (TPSA) is 82.7 Å². The predicted molar refractivity (Wildman–Crippen MR) is 113 cm³/mol. The van der Waals surface area contributed by atoms with E-state index in [1.807, 2.05) is 35.8 Å². The average molecular weight is 382 g/mol. The number of guanidine groups is 1. The lowest BCUT2D eigenvalue weighted by Gasteiger charge is -2.35. The van der Waals surface area contributed by atoms with Gasteiger partial charge in [0.05, 0.1) is 12.1 Å². The van der Waals surface area contributed by atoms with E-state index < -0.39 is 0 Å². The number of hydrogen-bond acceptors (Lipinski definition) is 6. The summed E-state index contributed by atoms with van der Waals surface area (Å²) in [5.41, 5.74) is 7.16. The second-order valence-corrected chi connectivity index (χ2v) is 7.22. The Balaban J connectivity index is 1.24. The summed E-state index contributed by atoms with van der Waals surface area (Å²) in [6.45, 7) is 4.90. The molecule has 7 nitrogen and oxygen atoms in total. The van der Waals surface area contributed by atoms with E-state index in [0.29, 0.717) is 19.0 Å². The molecule has 0 amide bonds. The summed E-state index contributed by atoms with van der Waals surface area (Å²) >= 11 is 1.68. The van der Waals surface area contributed by atoms with Crippen molar-refractivity contribution in [3.63, 3.8) is 0 Å². The predicted octanol–water partition coefficient (Wildman–Crippen LogP) is 2.24. The summed E-state index contributed by atoms with van der Waals surface area (Å²) in [6, 6.07) is 12.2. The second-order valence-electron chi connectivity index (χ2n) is 6.34. The maximum atomic E-state index is 6.17. The number of piperazine rings is 1. The quantitative estimate of drug-likeness (QED) is 0.401. The largest absolute Gasteiger partial charge is 0.370 e. The molecule has 3 N–H and O–H groups in total. The number of pyridine rings is 1. The Bertz CT molecular complexity index is 901. The van der Waals surface area contributed by atoms with E-state index in [4.69, 9.17) is 5.73 Å². The number of rotatable bonds is 5. The third-order valence-electron chi connectivity index (χ3n) is 4.58. The van der Waals surface area contributed by atoms with Gasteiger partial charge in [-0.25, -0.2) is 9.97 Å². The zero-order chi connectivity index (χ0) is 18.5. The molecule has 2 aromatic heterocycles. The van der Waals surface area contributed by atoms with Gasteiger partial charge in [-0.2, -0.15) is 0 Å². The summed E-state index contributed by atoms with van der Waals surface area (Å²) < 4.78 is 0. The third kappa shape index (κ3) is 4.28. The highest BCUT2D eigenvalue weighted by Crippen LogP contribution is 2.18. The van der Waals surface area contributed by atoms with E-state index in [2.05, 4.69) is 42.2 Å². The monoisotopic (exact) mass is 381 g/mol. The van der Waals surface area contributed by atoms with Gasteiger partial charge in [-0.3, -0.25) is 4.99 Å². The van der Waals surface area contributed by atoms with Gasteiger partial charge in [-0.1, -0.05) is 18.2 Å². The highest BCUT2D eigenvalue weighted by Gasteiger charge is 2.19. The molecule has 27 heavy (non-hydrogen) atoms. The van der Waals surface area contributed by atoms with Crippen LogP contribution >= 0.6 is 11.3 Å². The maximum absolute atomic E-state index is 6.17. The number of para-hydroxylation sites is 1. The number of hydrogen-bond donors (Lipinski definition) is 2. The summed E-state index contributed by atoms with van der Waals surface area (Å²) in [5.74, 6) is 1.47. The molecule has 1 aromatic carbocycles. The fourth-order valence-corrected chi connectivity index (χ4v) is 3.81. The van der Waals surface area contributed by atoms with Crippen LogP contribution in [-0.2, 0) is 0 Å². The Kier molecular flexibility index (Phi) is 5.34. The van der Waals surface area contributed by atoms with Gasteiger partial charge in [0, 0.05) is 49.7 Å². The molecule has 8 heteroatoms. The van der Waals surface area contributed by atoms with Gasteiger partial charge in [0.2, 0.25) is 0 Å². The molecule has 140 valence electrons. The normalized spacial score (nSPS) is 15.3. The molecule has 0 unspecified atom stereocenters. The third-order valence-corrected chi connectivity index (χ3v) is 5.42. The highest BCUT2D eigenvalue weighted by atomic mass is 32.1. The lowest BCUT2D eigenvalue weighted by Crippen LogP contribution is -2.51. The number of benzene rings is 1. The van der Waals surface area contributed by atoms with Crippen LogP contribution in [0.2, 0.25) is 0 Å². The molecule has 1 saturated heterocycles. The van der Waals surface area contributed by atoms with Gasteiger partial charge in [0.25, 0.3) is 0 Å². The molecule has 3 aromatic rings. The number of aromatic nitrogens is 2. The van der Waals surface area contributed by atoms with Crippen molar-refractivity contribution in [2.24, 2.45) is 10.7 Å². The highest BCUT2D eigenvalue weighted by molar-refractivity contribution is 7.13. The Labute approximate surface area is 162 Å². The molecule has 4 rings (SSSR count). The molecule has 1 fully saturated rings. The Hall–Kier alpha value is -2.87. The number of thiazole rings is 1. The molecular formula is C19H23N7S. The number of nitrogens with zero attached hydrogens (tertiary/aromatic N) is 5. The molecule has 1 aliphatic rings. The lowest BCUT2D eigenvalue weighted by atomic mass is 10.2. The number of anilines is 2. The lowest BCUT2D eigenvalue weighted by molar-refractivity contribution is 0.381. The van der Waals surface area contributed by atoms with E-state index in [9.17, 15) is 0 Å². The van der Waals surface area contributed by atoms with Crippen LogP contribution in [0.3, 0.4) is 0 Å². The number of fused-ring (bicyclic) bond motifs is 1. The summed E-state index contributed by atoms with van der Waals surface area (Å²) in [7, 11) is 0. The van der Waals surface area contributed by atoms with Crippen LogP contribution in [0, 0.1) is 0 Å². The Morgan fingerprint density at radius 1 is 1.15 bits per heavy atom. The standard InChI is InChI=1S/C19H23N7S/c20-18(25-10-12-26(13-11-25)19-23-9-14-27-19)22-8-7-21-17-6-5-15-3-1-2-4-16(15)24-17/h1-6,9,14H,7-8,10-13H2,(H2,20,22)(H,21,24). The first-order chi connectivity index (χ1) is 13.3. The molecule has 0 saturated carbocycles. The molecule has 0 atom stereocenters.